The lowest BCUT2D eigenvalue weighted by Gasteiger charge is -2.13. The molecule has 0 fully saturated rings. The minimum absolute atomic E-state index is 0.493. The van der Waals surface area contributed by atoms with Crippen molar-refractivity contribution in [3.05, 3.63) is 36.0 Å². The number of benzene rings is 1. The molecule has 0 N–H and O–H groups in total. The van der Waals surface area contributed by atoms with E-state index >= 15 is 0 Å². The van der Waals surface area contributed by atoms with Gasteiger partial charge in [-0.3, -0.25) is 0 Å². The molecule has 1 aromatic heterocycles. The van der Waals surface area contributed by atoms with Gasteiger partial charge in [0.1, 0.15) is 16.5 Å². The average molecular weight is 292 g/mol. The Kier molecular flexibility index (Phi) is 4.57. The van der Waals surface area contributed by atoms with E-state index in [9.17, 15) is 0 Å². The lowest BCUT2D eigenvalue weighted by molar-refractivity contribution is 0.387. The first-order valence-electron chi connectivity index (χ1n) is 6.02. The molecule has 0 bridgehead atoms. The Balaban J connectivity index is 2.27. The van der Waals surface area contributed by atoms with Crippen LogP contribution in [-0.4, -0.2) is 36.1 Å². The van der Waals surface area contributed by atoms with Crippen molar-refractivity contribution >= 4 is 17.2 Å². The largest absolute Gasteiger partial charge is 0.496 e. The van der Waals surface area contributed by atoms with Gasteiger partial charge >= 0.3 is 0 Å². The van der Waals surface area contributed by atoms with Crippen LogP contribution in [0.3, 0.4) is 0 Å². The van der Waals surface area contributed by atoms with Gasteiger partial charge in [-0.1, -0.05) is 18.3 Å². The fourth-order valence-corrected chi connectivity index (χ4v) is 2.14. The van der Waals surface area contributed by atoms with Gasteiger partial charge in [0.2, 0.25) is 5.88 Å². The highest BCUT2D eigenvalue weighted by molar-refractivity contribution is 7.80. The Morgan fingerprint density at radius 1 is 1.10 bits per heavy atom. The van der Waals surface area contributed by atoms with E-state index in [0.717, 1.165) is 17.1 Å². The minimum atomic E-state index is 0.493. The van der Waals surface area contributed by atoms with Crippen LogP contribution in [0.5, 0.6) is 17.4 Å². The van der Waals surface area contributed by atoms with E-state index in [4.69, 9.17) is 26.4 Å². The molecule has 0 aliphatic carbocycles. The van der Waals surface area contributed by atoms with E-state index in [0.29, 0.717) is 17.3 Å². The number of hydrogen-bond donors (Lipinski definition) is 0. The van der Waals surface area contributed by atoms with Crippen LogP contribution < -0.4 is 14.2 Å². The molecule has 0 aliphatic heterocycles. The lowest BCUT2D eigenvalue weighted by atomic mass is 10.1. The topological polar surface area (TPSA) is 45.5 Å². The molecule has 2 aromatic rings. The second-order valence-electron chi connectivity index (χ2n) is 4.01. The molecule has 0 saturated heterocycles. The molecular weight excluding hydrogens is 276 g/mol. The van der Waals surface area contributed by atoms with Crippen molar-refractivity contribution in [1.82, 2.24) is 9.78 Å². The van der Waals surface area contributed by atoms with E-state index in [-0.39, 0.29) is 0 Å². The van der Waals surface area contributed by atoms with Gasteiger partial charge < -0.3 is 14.2 Å². The Bertz CT molecular complexity index is 588. The number of nitrogens with zero attached hydrogens (tertiary/aromatic N) is 2. The molecule has 0 amide bonds. The van der Waals surface area contributed by atoms with Crippen LogP contribution in [0.4, 0.5) is 0 Å². The number of ether oxygens (including phenoxy) is 3. The second-order valence-corrected chi connectivity index (χ2v) is 4.49. The van der Waals surface area contributed by atoms with Gasteiger partial charge in [0.15, 0.2) is 0 Å². The van der Waals surface area contributed by atoms with Crippen molar-refractivity contribution in [2.45, 2.75) is 6.42 Å². The zero-order valence-electron chi connectivity index (χ0n) is 11.6. The van der Waals surface area contributed by atoms with E-state index in [1.54, 1.807) is 38.3 Å². The SMILES string of the molecule is COc1ccn(C(=S)Cc2c(OC)cccc2OC)n1. The second kappa shape index (κ2) is 6.38. The van der Waals surface area contributed by atoms with Crippen LogP contribution in [0.25, 0.3) is 0 Å². The van der Waals surface area contributed by atoms with Gasteiger partial charge in [0.25, 0.3) is 0 Å². The van der Waals surface area contributed by atoms with Crippen LogP contribution >= 0.6 is 12.2 Å². The van der Waals surface area contributed by atoms with Crippen LogP contribution in [0, 0.1) is 0 Å². The van der Waals surface area contributed by atoms with Gasteiger partial charge in [-0.15, -0.1) is 5.10 Å². The fraction of sp³-hybridized carbons (Fsp3) is 0.286. The molecule has 0 atom stereocenters. The highest BCUT2D eigenvalue weighted by atomic mass is 32.1. The monoisotopic (exact) mass is 292 g/mol. The summed E-state index contributed by atoms with van der Waals surface area (Å²) in [4.78, 5) is 0.635. The van der Waals surface area contributed by atoms with Crippen LogP contribution in [-0.2, 0) is 6.42 Å². The summed E-state index contributed by atoms with van der Waals surface area (Å²) in [7, 11) is 4.81. The summed E-state index contributed by atoms with van der Waals surface area (Å²) < 4.78 is 17.4. The highest BCUT2D eigenvalue weighted by Gasteiger charge is 2.13. The molecule has 1 heterocycles. The Morgan fingerprint density at radius 3 is 2.25 bits per heavy atom. The zero-order valence-corrected chi connectivity index (χ0v) is 12.4. The molecule has 6 heteroatoms. The minimum Gasteiger partial charge on any atom is -0.496 e. The first-order valence-corrected chi connectivity index (χ1v) is 6.43. The first kappa shape index (κ1) is 14.3. The first-order chi connectivity index (χ1) is 9.69. The van der Waals surface area contributed by atoms with Crippen molar-refractivity contribution in [2.24, 2.45) is 0 Å². The molecule has 0 saturated carbocycles. The van der Waals surface area contributed by atoms with Crippen molar-refractivity contribution in [3.63, 3.8) is 0 Å². The molecule has 0 unspecified atom stereocenters. The van der Waals surface area contributed by atoms with Crippen molar-refractivity contribution < 1.29 is 14.2 Å². The Labute approximate surface area is 123 Å². The Hall–Kier alpha value is -2.08. The third-order valence-electron chi connectivity index (χ3n) is 2.89. The summed E-state index contributed by atoms with van der Waals surface area (Å²) >= 11 is 5.41. The highest BCUT2D eigenvalue weighted by Crippen LogP contribution is 2.29. The Morgan fingerprint density at radius 2 is 1.75 bits per heavy atom. The van der Waals surface area contributed by atoms with Crippen molar-refractivity contribution in [1.29, 1.82) is 0 Å². The molecule has 1 aromatic carbocycles. The van der Waals surface area contributed by atoms with Gasteiger partial charge in [0, 0.05) is 24.2 Å². The van der Waals surface area contributed by atoms with Crippen LogP contribution in [0.2, 0.25) is 0 Å². The van der Waals surface area contributed by atoms with Crippen molar-refractivity contribution in [3.8, 4) is 17.4 Å². The summed E-state index contributed by atoms with van der Waals surface area (Å²) in [5, 5.41) is 4.21. The zero-order chi connectivity index (χ0) is 14.5. The summed E-state index contributed by atoms with van der Waals surface area (Å²) in [6.45, 7) is 0. The smallest absolute Gasteiger partial charge is 0.232 e. The number of hydrogen-bond acceptors (Lipinski definition) is 5. The predicted octanol–water partition coefficient (Wildman–Crippen LogP) is 2.33. The average Bonchev–Trinajstić information content (AvgIpc) is 2.96. The summed E-state index contributed by atoms with van der Waals surface area (Å²) in [6.07, 6.45) is 2.26. The van der Waals surface area contributed by atoms with Crippen molar-refractivity contribution in [2.75, 3.05) is 21.3 Å². The number of aromatic nitrogens is 2. The van der Waals surface area contributed by atoms with Gasteiger partial charge in [-0.25, -0.2) is 4.68 Å². The van der Waals surface area contributed by atoms with E-state index in [1.165, 1.54) is 0 Å². The number of thiocarbonyl (C=S) groups is 1. The third-order valence-corrected chi connectivity index (χ3v) is 3.22. The van der Waals surface area contributed by atoms with E-state index in [2.05, 4.69) is 5.10 Å². The summed E-state index contributed by atoms with van der Waals surface area (Å²) in [5.74, 6) is 2.01. The lowest BCUT2D eigenvalue weighted by Crippen LogP contribution is -2.14. The van der Waals surface area contributed by atoms with E-state index < -0.39 is 0 Å². The van der Waals surface area contributed by atoms with Crippen LogP contribution in [0.15, 0.2) is 30.5 Å². The molecule has 20 heavy (non-hydrogen) atoms. The fourth-order valence-electron chi connectivity index (χ4n) is 1.89. The number of rotatable bonds is 5. The molecule has 0 spiro atoms. The maximum absolute atomic E-state index is 5.41. The van der Waals surface area contributed by atoms with Gasteiger partial charge in [0.05, 0.1) is 21.3 Å². The molecule has 106 valence electrons. The maximum atomic E-state index is 5.41. The van der Waals surface area contributed by atoms with Crippen LogP contribution in [0.1, 0.15) is 5.56 Å². The standard InChI is InChI=1S/C14H16N2O3S/c1-17-11-5-4-6-12(18-2)10(11)9-14(20)16-8-7-13(15-16)19-3/h4-8H,9H2,1-3H3. The summed E-state index contributed by atoms with van der Waals surface area (Å²) in [6, 6.07) is 7.39. The molecule has 5 nitrogen and oxygen atoms in total. The molecule has 0 aliphatic rings. The molecular formula is C14H16N2O3S. The molecule has 2 rings (SSSR count). The number of methoxy groups -OCH3 is 3. The third kappa shape index (κ3) is 2.91. The normalized spacial score (nSPS) is 10.2. The van der Waals surface area contributed by atoms with Gasteiger partial charge in [-0.2, -0.15) is 0 Å². The van der Waals surface area contributed by atoms with Gasteiger partial charge in [-0.05, 0) is 12.1 Å². The summed E-state index contributed by atoms with van der Waals surface area (Å²) in [5.41, 5.74) is 0.900. The molecule has 0 radical (unpaired) electrons. The quantitative estimate of drug-likeness (QED) is 0.791. The maximum Gasteiger partial charge on any atom is 0.232 e. The predicted molar refractivity (Wildman–Crippen MR) is 80.0 cm³/mol. The van der Waals surface area contributed by atoms with E-state index in [1.807, 2.05) is 18.2 Å².